The minimum atomic E-state index is -3.57. The number of aryl methyl sites for hydroxylation is 3. The van der Waals surface area contributed by atoms with Gasteiger partial charge in [-0.2, -0.15) is 4.31 Å². The highest BCUT2D eigenvalue weighted by atomic mass is 32.2. The summed E-state index contributed by atoms with van der Waals surface area (Å²) >= 11 is 0. The number of anilines is 1. The predicted octanol–water partition coefficient (Wildman–Crippen LogP) is 3.68. The van der Waals surface area contributed by atoms with E-state index in [4.69, 9.17) is 4.74 Å². The molecular weight excluding hydrogens is 400 g/mol. The molecule has 0 aromatic heterocycles. The topological polar surface area (TPSA) is 66.9 Å². The molecule has 0 atom stereocenters. The van der Waals surface area contributed by atoms with Crippen molar-refractivity contribution in [3.05, 3.63) is 53.1 Å². The summed E-state index contributed by atoms with van der Waals surface area (Å²) in [6.45, 7) is 6.34. The van der Waals surface area contributed by atoms with Crippen molar-refractivity contribution >= 4 is 21.6 Å². The van der Waals surface area contributed by atoms with E-state index in [0.717, 1.165) is 28.1 Å². The van der Waals surface area contributed by atoms with Crippen molar-refractivity contribution in [3.8, 4) is 5.75 Å². The van der Waals surface area contributed by atoms with Crippen molar-refractivity contribution in [1.82, 2.24) is 4.31 Å². The number of nitrogens with zero attached hydrogens (tertiary/aromatic N) is 2. The van der Waals surface area contributed by atoms with Crippen LogP contribution < -0.4 is 9.64 Å². The van der Waals surface area contributed by atoms with E-state index in [2.05, 4.69) is 0 Å². The first-order chi connectivity index (χ1) is 14.1. The van der Waals surface area contributed by atoms with Crippen LogP contribution >= 0.6 is 0 Å². The van der Waals surface area contributed by atoms with Crippen LogP contribution in [0.5, 0.6) is 5.75 Å². The fourth-order valence-electron chi connectivity index (χ4n) is 4.25. The number of rotatable bonds is 5. The van der Waals surface area contributed by atoms with E-state index in [0.29, 0.717) is 30.8 Å². The van der Waals surface area contributed by atoms with Gasteiger partial charge in [-0.15, -0.1) is 0 Å². The van der Waals surface area contributed by atoms with E-state index in [1.54, 1.807) is 19.1 Å². The van der Waals surface area contributed by atoms with Crippen molar-refractivity contribution in [3.63, 3.8) is 0 Å². The molecule has 162 valence electrons. The van der Waals surface area contributed by atoms with Gasteiger partial charge in [-0.05, 0) is 69.0 Å². The Balaban J connectivity index is 1.70. The van der Waals surface area contributed by atoms with Gasteiger partial charge in [-0.1, -0.05) is 17.7 Å². The fraction of sp³-hybridized carbons (Fsp3) is 0.435. The van der Waals surface area contributed by atoms with Crippen molar-refractivity contribution in [1.29, 1.82) is 0 Å². The zero-order valence-electron chi connectivity index (χ0n) is 18.3. The highest BCUT2D eigenvalue weighted by Crippen LogP contribution is 2.30. The maximum Gasteiger partial charge on any atom is 0.243 e. The molecule has 1 saturated heterocycles. The molecule has 1 amide bonds. The first-order valence-corrected chi connectivity index (χ1v) is 11.6. The van der Waals surface area contributed by atoms with Gasteiger partial charge in [0.05, 0.1) is 12.0 Å². The lowest BCUT2D eigenvalue weighted by atomic mass is 9.96. The normalized spacial score (nSPS) is 15.8. The molecule has 30 heavy (non-hydrogen) atoms. The standard InChI is InChI=1S/C23H30N2O4S/c1-16-14-17(2)22(18(3)15-16)30(27,28)25-12-10-19(11-13-25)23(26)24(4)20-6-8-21(29-5)9-7-20/h6-9,14-15,19H,10-13H2,1-5H3. The average molecular weight is 431 g/mol. The summed E-state index contributed by atoms with van der Waals surface area (Å²) in [6, 6.07) is 11.1. The summed E-state index contributed by atoms with van der Waals surface area (Å²) in [5.41, 5.74) is 3.38. The summed E-state index contributed by atoms with van der Waals surface area (Å²) < 4.78 is 33.2. The Labute approximate surface area is 179 Å². The first-order valence-electron chi connectivity index (χ1n) is 10.1. The molecular formula is C23H30N2O4S. The number of carbonyl (C=O) groups is 1. The molecule has 0 radical (unpaired) electrons. The van der Waals surface area contributed by atoms with Gasteiger partial charge in [0, 0.05) is 31.7 Å². The Morgan fingerprint density at radius 2 is 1.57 bits per heavy atom. The molecule has 7 heteroatoms. The second kappa shape index (κ2) is 8.78. The summed E-state index contributed by atoms with van der Waals surface area (Å²) in [6.07, 6.45) is 1.03. The molecule has 1 aliphatic rings. The quantitative estimate of drug-likeness (QED) is 0.726. The number of hydrogen-bond acceptors (Lipinski definition) is 4. The van der Waals surface area contributed by atoms with E-state index in [-0.39, 0.29) is 11.8 Å². The van der Waals surface area contributed by atoms with E-state index >= 15 is 0 Å². The Kier molecular flexibility index (Phi) is 6.53. The lowest BCUT2D eigenvalue weighted by Gasteiger charge is -2.33. The highest BCUT2D eigenvalue weighted by Gasteiger charge is 2.34. The summed E-state index contributed by atoms with van der Waals surface area (Å²) in [5.74, 6) is 0.559. The molecule has 1 heterocycles. The number of ether oxygens (including phenoxy) is 1. The van der Waals surface area contributed by atoms with Crippen LogP contribution in [0.4, 0.5) is 5.69 Å². The first kappa shape index (κ1) is 22.3. The van der Waals surface area contributed by atoms with Crippen LogP contribution in [0.2, 0.25) is 0 Å². The third kappa shape index (κ3) is 4.37. The maximum atomic E-state index is 13.3. The van der Waals surface area contributed by atoms with Crippen LogP contribution in [-0.4, -0.2) is 45.9 Å². The third-order valence-electron chi connectivity index (χ3n) is 5.80. The Hall–Kier alpha value is -2.38. The Morgan fingerprint density at radius 1 is 1.03 bits per heavy atom. The van der Waals surface area contributed by atoms with Gasteiger partial charge < -0.3 is 9.64 Å². The van der Waals surface area contributed by atoms with Crippen LogP contribution in [0.25, 0.3) is 0 Å². The van der Waals surface area contributed by atoms with Crippen LogP contribution in [0.1, 0.15) is 29.5 Å². The van der Waals surface area contributed by atoms with Gasteiger partial charge in [0.1, 0.15) is 5.75 Å². The molecule has 6 nitrogen and oxygen atoms in total. The molecule has 0 N–H and O–H groups in total. The van der Waals surface area contributed by atoms with E-state index in [1.165, 1.54) is 4.31 Å². The van der Waals surface area contributed by atoms with Crippen molar-refractivity contribution in [2.45, 2.75) is 38.5 Å². The van der Waals surface area contributed by atoms with Crippen LogP contribution in [0.15, 0.2) is 41.3 Å². The second-order valence-electron chi connectivity index (χ2n) is 8.00. The molecule has 2 aromatic carbocycles. The number of carbonyl (C=O) groups excluding carboxylic acids is 1. The zero-order chi connectivity index (χ0) is 22.1. The number of sulfonamides is 1. The van der Waals surface area contributed by atoms with Crippen LogP contribution in [0, 0.1) is 26.7 Å². The van der Waals surface area contributed by atoms with E-state index in [1.807, 2.05) is 57.2 Å². The van der Waals surface area contributed by atoms with Gasteiger partial charge >= 0.3 is 0 Å². The minimum Gasteiger partial charge on any atom is -0.497 e. The van der Waals surface area contributed by atoms with Gasteiger partial charge in [0.25, 0.3) is 0 Å². The number of hydrogen-bond donors (Lipinski definition) is 0. The minimum absolute atomic E-state index is 0.0138. The largest absolute Gasteiger partial charge is 0.497 e. The number of piperidine rings is 1. The molecule has 0 saturated carbocycles. The number of methoxy groups -OCH3 is 1. The van der Waals surface area contributed by atoms with Gasteiger partial charge in [-0.3, -0.25) is 4.79 Å². The van der Waals surface area contributed by atoms with Crippen molar-refractivity contribution < 1.29 is 17.9 Å². The summed E-state index contributed by atoms with van der Waals surface area (Å²) in [4.78, 5) is 15.0. The number of amides is 1. The maximum absolute atomic E-state index is 13.3. The molecule has 3 rings (SSSR count). The second-order valence-corrected chi connectivity index (χ2v) is 9.88. The van der Waals surface area contributed by atoms with Gasteiger partial charge in [-0.25, -0.2) is 8.42 Å². The molecule has 0 unspecified atom stereocenters. The average Bonchev–Trinajstić information content (AvgIpc) is 2.72. The zero-order valence-corrected chi connectivity index (χ0v) is 19.1. The molecule has 0 aliphatic carbocycles. The SMILES string of the molecule is COc1ccc(N(C)C(=O)C2CCN(S(=O)(=O)c3c(C)cc(C)cc3C)CC2)cc1. The van der Waals surface area contributed by atoms with Crippen molar-refractivity contribution in [2.24, 2.45) is 5.92 Å². The van der Waals surface area contributed by atoms with Gasteiger partial charge in [0.15, 0.2) is 0 Å². The third-order valence-corrected chi connectivity index (χ3v) is 8.00. The molecule has 2 aromatic rings. The Morgan fingerprint density at radius 3 is 2.07 bits per heavy atom. The summed E-state index contributed by atoms with van der Waals surface area (Å²) in [5, 5.41) is 0. The fourth-order valence-corrected chi connectivity index (χ4v) is 6.13. The van der Waals surface area contributed by atoms with E-state index in [9.17, 15) is 13.2 Å². The monoisotopic (exact) mass is 430 g/mol. The molecule has 0 bridgehead atoms. The lowest BCUT2D eigenvalue weighted by molar-refractivity contribution is -0.123. The van der Waals surface area contributed by atoms with Crippen LogP contribution in [0.3, 0.4) is 0 Å². The predicted molar refractivity (Wildman–Crippen MR) is 119 cm³/mol. The molecule has 1 fully saturated rings. The lowest BCUT2D eigenvalue weighted by Crippen LogP contribution is -2.43. The Bertz CT molecular complexity index is 1000. The van der Waals surface area contributed by atoms with Crippen LogP contribution in [-0.2, 0) is 14.8 Å². The molecule has 0 spiro atoms. The smallest absolute Gasteiger partial charge is 0.243 e. The van der Waals surface area contributed by atoms with Gasteiger partial charge in [0.2, 0.25) is 15.9 Å². The van der Waals surface area contributed by atoms with E-state index < -0.39 is 10.0 Å². The molecule has 1 aliphatic heterocycles. The highest BCUT2D eigenvalue weighted by molar-refractivity contribution is 7.89. The summed E-state index contributed by atoms with van der Waals surface area (Å²) in [7, 11) is -0.216. The van der Waals surface area contributed by atoms with Crippen molar-refractivity contribution in [2.75, 3.05) is 32.1 Å². The number of benzene rings is 2.